The molecule has 5 nitrogen and oxygen atoms in total. The molecule has 94 valence electrons. The first-order valence-electron chi connectivity index (χ1n) is 4.83. The van der Waals surface area contributed by atoms with E-state index in [0.29, 0.717) is 18.0 Å². The van der Waals surface area contributed by atoms with E-state index in [2.05, 4.69) is 10.4 Å². The fourth-order valence-corrected chi connectivity index (χ4v) is 1.81. The van der Waals surface area contributed by atoms with Gasteiger partial charge in [-0.2, -0.15) is 5.10 Å². The molecule has 2 atom stereocenters. The summed E-state index contributed by atoms with van der Waals surface area (Å²) in [4.78, 5) is 0. The van der Waals surface area contributed by atoms with Crippen molar-refractivity contribution in [2.24, 2.45) is 0 Å². The molecule has 1 fully saturated rings. The maximum Gasteiger partial charge on any atom is 0.145 e. The summed E-state index contributed by atoms with van der Waals surface area (Å²) in [6, 6.07) is 2.25. The lowest BCUT2D eigenvalue weighted by atomic mass is 10.2. The third-order valence-electron chi connectivity index (χ3n) is 2.58. The average Bonchev–Trinajstić information content (AvgIpc) is 2.76. The number of anilines is 1. The van der Waals surface area contributed by atoms with Crippen molar-refractivity contribution >= 4 is 30.6 Å². The van der Waals surface area contributed by atoms with Crippen LogP contribution in [0.1, 0.15) is 6.42 Å². The fraction of sp³-hybridized carbons (Fsp3) is 0.667. The lowest BCUT2D eigenvalue weighted by Crippen LogP contribution is -2.27. The summed E-state index contributed by atoms with van der Waals surface area (Å²) in [5.41, 5.74) is 5.53. The van der Waals surface area contributed by atoms with E-state index in [1.807, 2.05) is 16.9 Å². The molecule has 0 spiro atoms. The van der Waals surface area contributed by atoms with Crippen molar-refractivity contribution < 1.29 is 4.74 Å². The van der Waals surface area contributed by atoms with Gasteiger partial charge in [-0.15, -0.1) is 24.8 Å². The molecule has 0 saturated carbocycles. The van der Waals surface area contributed by atoms with Gasteiger partial charge in [-0.25, -0.2) is 0 Å². The first-order valence-corrected chi connectivity index (χ1v) is 4.83. The largest absolute Gasteiger partial charge is 0.382 e. The van der Waals surface area contributed by atoms with Crippen molar-refractivity contribution in [2.45, 2.75) is 25.1 Å². The van der Waals surface area contributed by atoms with Gasteiger partial charge in [0, 0.05) is 25.9 Å². The van der Waals surface area contributed by atoms with Crippen molar-refractivity contribution in [1.82, 2.24) is 15.1 Å². The molecule has 0 unspecified atom stereocenters. The van der Waals surface area contributed by atoms with Crippen LogP contribution in [0.3, 0.4) is 0 Å². The molecule has 0 bridgehead atoms. The maximum absolute atomic E-state index is 5.53. The minimum Gasteiger partial charge on any atom is -0.382 e. The smallest absolute Gasteiger partial charge is 0.145 e. The number of halogens is 2. The van der Waals surface area contributed by atoms with Crippen molar-refractivity contribution in [1.29, 1.82) is 0 Å². The number of rotatable bonds is 3. The van der Waals surface area contributed by atoms with Crippen LogP contribution in [0, 0.1) is 0 Å². The van der Waals surface area contributed by atoms with Gasteiger partial charge >= 0.3 is 0 Å². The van der Waals surface area contributed by atoms with E-state index in [-0.39, 0.29) is 24.8 Å². The molecule has 1 aromatic rings. The second-order valence-electron chi connectivity index (χ2n) is 3.66. The lowest BCUT2D eigenvalue weighted by molar-refractivity contribution is 0.117. The van der Waals surface area contributed by atoms with Gasteiger partial charge in [0.25, 0.3) is 0 Å². The van der Waals surface area contributed by atoms with Gasteiger partial charge in [0.2, 0.25) is 0 Å². The highest BCUT2D eigenvalue weighted by Gasteiger charge is 2.23. The number of aromatic nitrogens is 2. The van der Waals surface area contributed by atoms with Crippen molar-refractivity contribution in [3.8, 4) is 0 Å². The second kappa shape index (κ2) is 6.96. The molecule has 1 saturated heterocycles. The number of nitrogens with one attached hydrogen (secondary N) is 1. The van der Waals surface area contributed by atoms with E-state index in [1.54, 1.807) is 7.11 Å². The van der Waals surface area contributed by atoms with Gasteiger partial charge in [-0.1, -0.05) is 0 Å². The first-order chi connectivity index (χ1) is 6.78. The van der Waals surface area contributed by atoms with E-state index in [4.69, 9.17) is 10.5 Å². The molecule has 7 heteroatoms. The Morgan fingerprint density at radius 3 is 2.88 bits per heavy atom. The highest BCUT2D eigenvalue weighted by Crippen LogP contribution is 2.11. The zero-order valence-electron chi connectivity index (χ0n) is 9.13. The molecule has 0 radical (unpaired) electrons. The van der Waals surface area contributed by atoms with E-state index >= 15 is 0 Å². The topological polar surface area (TPSA) is 65.1 Å². The molecular weight excluding hydrogens is 251 g/mol. The molecule has 1 aliphatic rings. The summed E-state index contributed by atoms with van der Waals surface area (Å²) < 4.78 is 7.13. The maximum atomic E-state index is 5.53. The van der Waals surface area contributed by atoms with Crippen LogP contribution in [0.25, 0.3) is 0 Å². The quantitative estimate of drug-likeness (QED) is 0.847. The van der Waals surface area contributed by atoms with Gasteiger partial charge < -0.3 is 15.8 Å². The monoisotopic (exact) mass is 268 g/mol. The molecular formula is C9H18Cl2N4O. The SMILES string of the molecule is CO[C@H]1CN[C@H](Cn2ccc(N)n2)C1.Cl.Cl. The van der Waals surface area contributed by atoms with Gasteiger partial charge in [0.1, 0.15) is 5.82 Å². The predicted molar refractivity (Wildman–Crippen MR) is 68.3 cm³/mol. The molecule has 1 aromatic heterocycles. The molecule has 3 N–H and O–H groups in total. The zero-order valence-corrected chi connectivity index (χ0v) is 10.8. The first kappa shape index (κ1) is 15.5. The number of hydrogen-bond acceptors (Lipinski definition) is 4. The lowest BCUT2D eigenvalue weighted by Gasteiger charge is -2.09. The Labute approximate surface area is 108 Å². The average molecular weight is 269 g/mol. The van der Waals surface area contributed by atoms with Gasteiger partial charge in [0.05, 0.1) is 12.6 Å². The van der Waals surface area contributed by atoms with Crippen LogP contribution in [0.4, 0.5) is 5.82 Å². The number of nitrogens with zero attached hydrogens (tertiary/aromatic N) is 2. The summed E-state index contributed by atoms with van der Waals surface area (Å²) in [7, 11) is 1.75. The van der Waals surface area contributed by atoms with Crippen molar-refractivity contribution in [3.63, 3.8) is 0 Å². The zero-order chi connectivity index (χ0) is 9.97. The highest BCUT2D eigenvalue weighted by molar-refractivity contribution is 5.85. The molecule has 1 aliphatic heterocycles. The van der Waals surface area contributed by atoms with Crippen LogP contribution in [-0.4, -0.2) is 35.6 Å². The minimum atomic E-state index is 0. The predicted octanol–water partition coefficient (Wildman–Crippen LogP) is 0.686. The van der Waals surface area contributed by atoms with Crippen LogP contribution in [-0.2, 0) is 11.3 Å². The second-order valence-corrected chi connectivity index (χ2v) is 3.66. The molecule has 0 aliphatic carbocycles. The summed E-state index contributed by atoms with van der Waals surface area (Å²) in [6.45, 7) is 1.79. The number of ether oxygens (including phenoxy) is 1. The molecule has 0 amide bonds. The molecule has 2 rings (SSSR count). The third-order valence-corrected chi connectivity index (χ3v) is 2.58. The molecule has 2 heterocycles. The summed E-state index contributed by atoms with van der Waals surface area (Å²) >= 11 is 0. The Hall–Kier alpha value is -0.490. The standard InChI is InChI=1S/C9H16N4O.2ClH/c1-14-8-4-7(11-5-8)6-13-3-2-9(10)12-13;;/h2-3,7-8,11H,4-6H2,1H3,(H2,10,12);2*1H/t7-,8+;;/m0../s1. The summed E-state index contributed by atoms with van der Waals surface area (Å²) in [5, 5.41) is 7.53. The van der Waals surface area contributed by atoms with E-state index in [0.717, 1.165) is 19.5 Å². The Bertz CT molecular complexity index is 307. The normalized spacial score (nSPS) is 23.6. The van der Waals surface area contributed by atoms with Gasteiger partial charge in [-0.05, 0) is 12.5 Å². The van der Waals surface area contributed by atoms with Crippen LogP contribution in [0.15, 0.2) is 12.3 Å². The fourth-order valence-electron chi connectivity index (χ4n) is 1.81. The summed E-state index contributed by atoms with van der Waals surface area (Å²) in [5.74, 6) is 0.575. The number of nitrogen functional groups attached to an aromatic ring is 1. The number of nitrogens with two attached hydrogens (primary N) is 1. The van der Waals surface area contributed by atoms with Gasteiger partial charge in [-0.3, -0.25) is 4.68 Å². The Morgan fingerprint density at radius 1 is 1.62 bits per heavy atom. The van der Waals surface area contributed by atoms with Crippen molar-refractivity contribution in [3.05, 3.63) is 12.3 Å². The summed E-state index contributed by atoms with van der Waals surface area (Å²) in [6.07, 6.45) is 3.28. The van der Waals surface area contributed by atoms with Crippen LogP contribution in [0.5, 0.6) is 0 Å². The Morgan fingerprint density at radius 2 is 2.38 bits per heavy atom. The number of hydrogen-bond donors (Lipinski definition) is 2. The highest BCUT2D eigenvalue weighted by atomic mass is 35.5. The van der Waals surface area contributed by atoms with E-state index < -0.39 is 0 Å². The third kappa shape index (κ3) is 3.83. The van der Waals surface area contributed by atoms with E-state index in [9.17, 15) is 0 Å². The van der Waals surface area contributed by atoms with Crippen LogP contribution >= 0.6 is 24.8 Å². The Kier molecular flexibility index (Phi) is 6.74. The van der Waals surface area contributed by atoms with Crippen molar-refractivity contribution in [2.75, 3.05) is 19.4 Å². The molecule has 0 aromatic carbocycles. The number of methoxy groups -OCH3 is 1. The minimum absolute atomic E-state index is 0. The van der Waals surface area contributed by atoms with Crippen LogP contribution < -0.4 is 11.1 Å². The Balaban J connectivity index is 0.00000112. The van der Waals surface area contributed by atoms with Gasteiger partial charge in [0.15, 0.2) is 0 Å². The molecule has 16 heavy (non-hydrogen) atoms. The van der Waals surface area contributed by atoms with E-state index in [1.165, 1.54) is 0 Å². The van der Waals surface area contributed by atoms with Crippen LogP contribution in [0.2, 0.25) is 0 Å².